The highest BCUT2D eigenvalue weighted by molar-refractivity contribution is 6.17. The van der Waals surface area contributed by atoms with E-state index in [9.17, 15) is 4.39 Å². The van der Waals surface area contributed by atoms with E-state index in [1.807, 2.05) is 6.92 Å². The maximum atomic E-state index is 12.9. The molecule has 2 N–H and O–H groups in total. The van der Waals surface area contributed by atoms with Crippen LogP contribution >= 0.6 is 11.6 Å². The summed E-state index contributed by atoms with van der Waals surface area (Å²) < 4.78 is 12.9. The Kier molecular flexibility index (Phi) is 3.29. The van der Waals surface area contributed by atoms with E-state index in [4.69, 9.17) is 11.6 Å². The molecule has 0 fully saturated rings. The van der Waals surface area contributed by atoms with Crippen molar-refractivity contribution in [3.63, 3.8) is 0 Å². The number of aromatic amines is 1. The topological polar surface area (TPSA) is 40.7 Å². The van der Waals surface area contributed by atoms with Crippen LogP contribution in [0.1, 0.15) is 13.3 Å². The second-order valence-corrected chi connectivity index (χ2v) is 4.15. The largest absolute Gasteiger partial charge is 0.353 e. The van der Waals surface area contributed by atoms with E-state index in [0.29, 0.717) is 17.3 Å². The molecule has 0 radical (unpaired) electrons. The quantitative estimate of drug-likeness (QED) is 0.808. The van der Waals surface area contributed by atoms with Crippen molar-refractivity contribution in [3.05, 3.63) is 24.0 Å². The summed E-state index contributed by atoms with van der Waals surface area (Å²) >= 11 is 5.64. The van der Waals surface area contributed by atoms with Crippen LogP contribution in [0.2, 0.25) is 0 Å². The lowest BCUT2D eigenvalue weighted by Crippen LogP contribution is -2.16. The number of imidazole rings is 1. The molecule has 0 aliphatic heterocycles. The SMILES string of the molecule is CC(CCCl)Nc1nc2ccc(F)cc2[nH]1. The van der Waals surface area contributed by atoms with Gasteiger partial charge in [0.25, 0.3) is 0 Å². The molecular weight excluding hydrogens is 229 g/mol. The smallest absolute Gasteiger partial charge is 0.201 e. The van der Waals surface area contributed by atoms with Gasteiger partial charge >= 0.3 is 0 Å². The molecule has 1 heterocycles. The van der Waals surface area contributed by atoms with Gasteiger partial charge in [-0.2, -0.15) is 0 Å². The number of nitrogens with zero attached hydrogens (tertiary/aromatic N) is 1. The Balaban J connectivity index is 2.19. The average molecular weight is 242 g/mol. The molecule has 0 saturated heterocycles. The summed E-state index contributed by atoms with van der Waals surface area (Å²) in [7, 11) is 0. The van der Waals surface area contributed by atoms with Gasteiger partial charge in [-0.3, -0.25) is 0 Å². The number of anilines is 1. The molecule has 0 spiro atoms. The number of alkyl halides is 1. The van der Waals surface area contributed by atoms with Gasteiger partial charge in [0.05, 0.1) is 11.0 Å². The third kappa shape index (κ3) is 2.44. The number of aromatic nitrogens is 2. The number of hydrogen-bond donors (Lipinski definition) is 2. The van der Waals surface area contributed by atoms with Gasteiger partial charge in [-0.15, -0.1) is 11.6 Å². The second-order valence-electron chi connectivity index (χ2n) is 3.77. The number of nitrogens with one attached hydrogen (secondary N) is 2. The summed E-state index contributed by atoms with van der Waals surface area (Å²) in [6.07, 6.45) is 0.854. The summed E-state index contributed by atoms with van der Waals surface area (Å²) in [5.41, 5.74) is 1.45. The fourth-order valence-electron chi connectivity index (χ4n) is 1.52. The van der Waals surface area contributed by atoms with Crippen LogP contribution in [0.3, 0.4) is 0 Å². The summed E-state index contributed by atoms with van der Waals surface area (Å²) in [6.45, 7) is 2.02. The van der Waals surface area contributed by atoms with Gasteiger partial charge in [-0.1, -0.05) is 0 Å². The number of benzene rings is 1. The highest BCUT2D eigenvalue weighted by Gasteiger charge is 2.06. The summed E-state index contributed by atoms with van der Waals surface area (Å²) in [4.78, 5) is 7.32. The lowest BCUT2D eigenvalue weighted by Gasteiger charge is -2.10. The van der Waals surface area contributed by atoms with E-state index in [0.717, 1.165) is 11.9 Å². The Morgan fingerprint density at radius 2 is 2.38 bits per heavy atom. The zero-order chi connectivity index (χ0) is 11.5. The van der Waals surface area contributed by atoms with Crippen LogP contribution < -0.4 is 5.32 Å². The molecule has 16 heavy (non-hydrogen) atoms. The third-order valence-electron chi connectivity index (χ3n) is 2.37. The Hall–Kier alpha value is -1.29. The minimum atomic E-state index is -0.267. The normalized spacial score (nSPS) is 12.9. The lowest BCUT2D eigenvalue weighted by atomic mass is 10.3. The van der Waals surface area contributed by atoms with Crippen LogP contribution in [-0.2, 0) is 0 Å². The van der Waals surface area contributed by atoms with Crippen LogP contribution in [0, 0.1) is 5.82 Å². The molecule has 5 heteroatoms. The summed E-state index contributed by atoms with van der Waals surface area (Å²) in [6, 6.07) is 4.72. The first-order chi connectivity index (χ1) is 7.69. The van der Waals surface area contributed by atoms with Gasteiger partial charge in [-0.05, 0) is 31.5 Å². The number of H-pyrrole nitrogens is 1. The fourth-order valence-corrected chi connectivity index (χ4v) is 1.85. The lowest BCUT2D eigenvalue weighted by molar-refractivity contribution is 0.629. The maximum Gasteiger partial charge on any atom is 0.201 e. The Labute approximate surface area is 98.0 Å². The van der Waals surface area contributed by atoms with Gasteiger partial charge in [0.15, 0.2) is 0 Å². The van der Waals surface area contributed by atoms with Gasteiger partial charge in [0.1, 0.15) is 5.82 Å². The maximum absolute atomic E-state index is 12.9. The summed E-state index contributed by atoms with van der Waals surface area (Å²) in [5.74, 6) is 0.984. The molecule has 3 nitrogen and oxygen atoms in total. The molecule has 1 atom stereocenters. The minimum Gasteiger partial charge on any atom is -0.353 e. The van der Waals surface area contributed by atoms with Crippen molar-refractivity contribution in [1.29, 1.82) is 0 Å². The van der Waals surface area contributed by atoms with Crippen molar-refractivity contribution in [2.45, 2.75) is 19.4 Å². The van der Waals surface area contributed by atoms with Crippen molar-refractivity contribution >= 4 is 28.6 Å². The van der Waals surface area contributed by atoms with Crippen LogP contribution in [-0.4, -0.2) is 21.9 Å². The molecule has 0 saturated carbocycles. The van der Waals surface area contributed by atoms with Crippen LogP contribution in [0.15, 0.2) is 18.2 Å². The standard InChI is InChI=1S/C11H13ClFN3/c1-7(4-5-12)14-11-15-9-3-2-8(13)6-10(9)16-11/h2-3,6-7H,4-5H2,1H3,(H2,14,15,16). The Bertz CT molecular complexity index is 483. The zero-order valence-corrected chi connectivity index (χ0v) is 9.68. The Morgan fingerprint density at radius 3 is 3.12 bits per heavy atom. The molecular formula is C11H13ClFN3. The van der Waals surface area contributed by atoms with Crippen molar-refractivity contribution in [2.75, 3.05) is 11.2 Å². The molecule has 2 aromatic rings. The van der Waals surface area contributed by atoms with Crippen LogP contribution in [0.4, 0.5) is 10.3 Å². The molecule has 1 aromatic carbocycles. The second kappa shape index (κ2) is 4.70. The number of halogens is 2. The van der Waals surface area contributed by atoms with Crippen molar-refractivity contribution in [2.24, 2.45) is 0 Å². The Morgan fingerprint density at radius 1 is 1.56 bits per heavy atom. The molecule has 2 rings (SSSR count). The molecule has 0 bridgehead atoms. The first kappa shape index (κ1) is 11.2. The minimum absolute atomic E-state index is 0.239. The predicted octanol–water partition coefficient (Wildman–Crippen LogP) is 3.13. The van der Waals surface area contributed by atoms with Gasteiger partial charge in [0.2, 0.25) is 5.95 Å². The highest BCUT2D eigenvalue weighted by atomic mass is 35.5. The van der Waals surface area contributed by atoms with Crippen LogP contribution in [0.25, 0.3) is 11.0 Å². The molecule has 86 valence electrons. The van der Waals surface area contributed by atoms with Gasteiger partial charge in [-0.25, -0.2) is 9.37 Å². The fraction of sp³-hybridized carbons (Fsp3) is 0.364. The predicted molar refractivity (Wildman–Crippen MR) is 64.5 cm³/mol. The van der Waals surface area contributed by atoms with E-state index in [1.54, 1.807) is 6.07 Å². The van der Waals surface area contributed by atoms with E-state index in [1.165, 1.54) is 12.1 Å². The average Bonchev–Trinajstić information content (AvgIpc) is 2.59. The first-order valence-electron chi connectivity index (χ1n) is 5.17. The van der Waals surface area contributed by atoms with Gasteiger partial charge in [0, 0.05) is 11.9 Å². The van der Waals surface area contributed by atoms with E-state index < -0.39 is 0 Å². The summed E-state index contributed by atoms with van der Waals surface area (Å²) in [5, 5.41) is 3.18. The molecule has 1 unspecified atom stereocenters. The van der Waals surface area contributed by atoms with Gasteiger partial charge < -0.3 is 10.3 Å². The van der Waals surface area contributed by atoms with Crippen LogP contribution in [0.5, 0.6) is 0 Å². The van der Waals surface area contributed by atoms with E-state index >= 15 is 0 Å². The third-order valence-corrected chi connectivity index (χ3v) is 2.59. The number of hydrogen-bond acceptors (Lipinski definition) is 2. The van der Waals surface area contributed by atoms with Crippen molar-refractivity contribution < 1.29 is 4.39 Å². The van der Waals surface area contributed by atoms with E-state index in [-0.39, 0.29) is 11.9 Å². The van der Waals surface area contributed by atoms with Crippen molar-refractivity contribution in [1.82, 2.24) is 9.97 Å². The highest BCUT2D eigenvalue weighted by Crippen LogP contribution is 2.16. The van der Waals surface area contributed by atoms with E-state index in [2.05, 4.69) is 15.3 Å². The first-order valence-corrected chi connectivity index (χ1v) is 5.70. The number of rotatable bonds is 4. The molecule has 0 aliphatic rings. The molecule has 1 aromatic heterocycles. The molecule has 0 amide bonds. The number of fused-ring (bicyclic) bond motifs is 1. The molecule has 0 aliphatic carbocycles. The zero-order valence-electron chi connectivity index (χ0n) is 8.93. The van der Waals surface area contributed by atoms with Crippen molar-refractivity contribution in [3.8, 4) is 0 Å². The monoisotopic (exact) mass is 241 g/mol.